The monoisotopic (exact) mass is 422 g/mol. The zero-order chi connectivity index (χ0) is 22.0. The standard InChI is InChI=1S/C28H54O2/c1-3-5-7-9-11-13-15-17-19-21-23-25-27-30-28(29)26-24-22-20-18-16-14-12-10-8-6-4-2/h10,12H,3-9,11,13-27H2,1-2H3/b12-10-. The fraction of sp³-hybridized carbons (Fsp3) is 0.893. The van der Waals surface area contributed by atoms with Crippen LogP contribution in [-0.2, 0) is 9.53 Å². The molecule has 0 radical (unpaired) electrons. The average molecular weight is 423 g/mol. The molecule has 0 aromatic carbocycles. The van der Waals surface area contributed by atoms with Crippen LogP contribution in [0.5, 0.6) is 0 Å². The number of allylic oxidation sites excluding steroid dienone is 2. The van der Waals surface area contributed by atoms with Gasteiger partial charge in [-0.1, -0.05) is 129 Å². The summed E-state index contributed by atoms with van der Waals surface area (Å²) >= 11 is 0. The fourth-order valence-electron chi connectivity index (χ4n) is 3.82. The number of carbonyl (C=O) groups excluding carboxylic acids is 1. The number of unbranched alkanes of at least 4 members (excludes halogenated alkanes) is 18. The van der Waals surface area contributed by atoms with Gasteiger partial charge in [-0.05, 0) is 32.1 Å². The minimum Gasteiger partial charge on any atom is -0.466 e. The quantitative estimate of drug-likeness (QED) is 0.0878. The van der Waals surface area contributed by atoms with Gasteiger partial charge in [0.2, 0.25) is 0 Å². The van der Waals surface area contributed by atoms with Gasteiger partial charge in [-0.15, -0.1) is 0 Å². The molecule has 0 aromatic rings. The van der Waals surface area contributed by atoms with Crippen LogP contribution in [0.2, 0.25) is 0 Å². The number of carbonyl (C=O) groups is 1. The highest BCUT2D eigenvalue weighted by molar-refractivity contribution is 5.69. The van der Waals surface area contributed by atoms with Crippen molar-refractivity contribution in [3.05, 3.63) is 12.2 Å². The van der Waals surface area contributed by atoms with Crippen molar-refractivity contribution in [1.29, 1.82) is 0 Å². The molecule has 2 nitrogen and oxygen atoms in total. The second-order valence-electron chi connectivity index (χ2n) is 9.03. The third-order valence-corrected chi connectivity index (χ3v) is 5.90. The van der Waals surface area contributed by atoms with Crippen molar-refractivity contribution in [2.24, 2.45) is 0 Å². The van der Waals surface area contributed by atoms with Crippen molar-refractivity contribution in [1.82, 2.24) is 0 Å². The van der Waals surface area contributed by atoms with Gasteiger partial charge in [-0.3, -0.25) is 4.79 Å². The van der Waals surface area contributed by atoms with Gasteiger partial charge < -0.3 is 4.74 Å². The summed E-state index contributed by atoms with van der Waals surface area (Å²) in [7, 11) is 0. The molecule has 0 saturated carbocycles. The molecular formula is C28H54O2. The summed E-state index contributed by atoms with van der Waals surface area (Å²) in [4.78, 5) is 11.8. The van der Waals surface area contributed by atoms with Crippen LogP contribution in [0.3, 0.4) is 0 Å². The minimum absolute atomic E-state index is 0.0110. The van der Waals surface area contributed by atoms with Gasteiger partial charge in [-0.25, -0.2) is 0 Å². The van der Waals surface area contributed by atoms with Gasteiger partial charge in [0.25, 0.3) is 0 Å². The molecular weight excluding hydrogens is 368 g/mol. The average Bonchev–Trinajstić information content (AvgIpc) is 2.75. The maximum absolute atomic E-state index is 11.8. The van der Waals surface area contributed by atoms with E-state index in [2.05, 4.69) is 26.0 Å². The van der Waals surface area contributed by atoms with E-state index in [1.54, 1.807) is 0 Å². The Labute approximate surface area is 189 Å². The van der Waals surface area contributed by atoms with E-state index in [9.17, 15) is 4.79 Å². The predicted octanol–water partition coefficient (Wildman–Crippen LogP) is 9.71. The van der Waals surface area contributed by atoms with E-state index >= 15 is 0 Å². The highest BCUT2D eigenvalue weighted by Gasteiger charge is 2.02. The zero-order valence-electron chi connectivity index (χ0n) is 20.7. The predicted molar refractivity (Wildman–Crippen MR) is 133 cm³/mol. The SMILES string of the molecule is CCCC/C=C\CCCCCCCC(=O)OCCCCCCCCCCCCCC. The van der Waals surface area contributed by atoms with E-state index in [4.69, 9.17) is 4.74 Å². The topological polar surface area (TPSA) is 26.3 Å². The molecule has 0 atom stereocenters. The Morgan fingerprint density at radius 3 is 1.53 bits per heavy atom. The first-order chi connectivity index (χ1) is 14.8. The van der Waals surface area contributed by atoms with Gasteiger partial charge in [0.1, 0.15) is 0 Å². The van der Waals surface area contributed by atoms with Crippen LogP contribution in [0.4, 0.5) is 0 Å². The molecule has 0 aliphatic heterocycles. The van der Waals surface area contributed by atoms with E-state index in [1.807, 2.05) is 0 Å². The molecule has 0 rings (SSSR count). The summed E-state index contributed by atoms with van der Waals surface area (Å²) in [6.07, 6.45) is 32.4. The van der Waals surface area contributed by atoms with E-state index in [-0.39, 0.29) is 5.97 Å². The van der Waals surface area contributed by atoms with E-state index in [1.165, 1.54) is 116 Å². The van der Waals surface area contributed by atoms with Gasteiger partial charge in [0.15, 0.2) is 0 Å². The first-order valence-corrected chi connectivity index (χ1v) is 13.6. The van der Waals surface area contributed by atoms with E-state index in [0.29, 0.717) is 13.0 Å². The van der Waals surface area contributed by atoms with Crippen LogP contribution in [-0.4, -0.2) is 12.6 Å². The van der Waals surface area contributed by atoms with Crippen molar-refractivity contribution < 1.29 is 9.53 Å². The lowest BCUT2D eigenvalue weighted by Gasteiger charge is -2.05. The maximum atomic E-state index is 11.8. The molecule has 0 bridgehead atoms. The normalized spacial score (nSPS) is 11.4. The number of ether oxygens (including phenoxy) is 1. The molecule has 2 heteroatoms. The summed E-state index contributed by atoms with van der Waals surface area (Å²) in [6.45, 7) is 5.14. The summed E-state index contributed by atoms with van der Waals surface area (Å²) < 4.78 is 5.38. The number of hydrogen-bond acceptors (Lipinski definition) is 2. The second kappa shape index (κ2) is 26.2. The molecule has 0 aliphatic carbocycles. The zero-order valence-corrected chi connectivity index (χ0v) is 20.7. The molecule has 0 unspecified atom stereocenters. The second-order valence-corrected chi connectivity index (χ2v) is 9.03. The van der Waals surface area contributed by atoms with E-state index in [0.717, 1.165) is 19.3 Å². The van der Waals surface area contributed by atoms with Crippen molar-refractivity contribution in [2.45, 2.75) is 155 Å². The summed E-state index contributed by atoms with van der Waals surface area (Å²) in [5.74, 6) is 0.0110. The Balaban J connectivity index is 3.18. The molecule has 0 N–H and O–H groups in total. The van der Waals surface area contributed by atoms with Gasteiger partial charge in [-0.2, -0.15) is 0 Å². The van der Waals surface area contributed by atoms with Gasteiger partial charge >= 0.3 is 5.97 Å². The Bertz CT molecular complexity index is 362. The molecule has 0 fully saturated rings. The highest BCUT2D eigenvalue weighted by atomic mass is 16.5. The summed E-state index contributed by atoms with van der Waals surface area (Å²) in [5, 5.41) is 0. The maximum Gasteiger partial charge on any atom is 0.305 e. The first-order valence-electron chi connectivity index (χ1n) is 13.6. The number of esters is 1. The largest absolute Gasteiger partial charge is 0.466 e. The third-order valence-electron chi connectivity index (χ3n) is 5.90. The molecule has 30 heavy (non-hydrogen) atoms. The van der Waals surface area contributed by atoms with Crippen LogP contribution >= 0.6 is 0 Å². The number of hydrogen-bond donors (Lipinski definition) is 0. The summed E-state index contributed by atoms with van der Waals surface area (Å²) in [6, 6.07) is 0. The minimum atomic E-state index is 0.0110. The lowest BCUT2D eigenvalue weighted by Crippen LogP contribution is -2.05. The molecule has 0 saturated heterocycles. The Morgan fingerprint density at radius 2 is 0.967 bits per heavy atom. The number of rotatable bonds is 24. The van der Waals surface area contributed by atoms with Crippen molar-refractivity contribution in [3.8, 4) is 0 Å². The third kappa shape index (κ3) is 25.2. The van der Waals surface area contributed by atoms with Crippen LogP contribution in [0.15, 0.2) is 12.2 Å². The Hall–Kier alpha value is -0.790. The van der Waals surface area contributed by atoms with Crippen LogP contribution < -0.4 is 0 Å². The van der Waals surface area contributed by atoms with E-state index < -0.39 is 0 Å². The van der Waals surface area contributed by atoms with Crippen LogP contribution in [0, 0.1) is 0 Å². The highest BCUT2D eigenvalue weighted by Crippen LogP contribution is 2.12. The lowest BCUT2D eigenvalue weighted by atomic mass is 10.1. The molecule has 0 aromatic heterocycles. The van der Waals surface area contributed by atoms with Crippen molar-refractivity contribution in [2.75, 3.05) is 6.61 Å². The molecule has 0 amide bonds. The first kappa shape index (κ1) is 29.2. The molecule has 0 aliphatic rings. The summed E-state index contributed by atoms with van der Waals surface area (Å²) in [5.41, 5.74) is 0. The van der Waals surface area contributed by atoms with Crippen LogP contribution in [0.25, 0.3) is 0 Å². The van der Waals surface area contributed by atoms with Gasteiger partial charge in [0, 0.05) is 6.42 Å². The fourth-order valence-corrected chi connectivity index (χ4v) is 3.82. The smallest absolute Gasteiger partial charge is 0.305 e. The molecule has 0 heterocycles. The molecule has 0 spiro atoms. The van der Waals surface area contributed by atoms with Crippen molar-refractivity contribution >= 4 is 5.97 Å². The van der Waals surface area contributed by atoms with Crippen LogP contribution in [0.1, 0.15) is 155 Å². The van der Waals surface area contributed by atoms with Crippen molar-refractivity contribution in [3.63, 3.8) is 0 Å². The molecule has 178 valence electrons. The Morgan fingerprint density at radius 1 is 0.533 bits per heavy atom. The lowest BCUT2D eigenvalue weighted by molar-refractivity contribution is -0.143. The Kier molecular flexibility index (Phi) is 25.6. The van der Waals surface area contributed by atoms with Gasteiger partial charge in [0.05, 0.1) is 6.61 Å².